The maximum absolute atomic E-state index is 5.45. The van der Waals surface area contributed by atoms with Crippen LogP contribution in [0.3, 0.4) is 0 Å². The summed E-state index contributed by atoms with van der Waals surface area (Å²) < 4.78 is 3.04. The van der Waals surface area contributed by atoms with Gasteiger partial charge in [-0.05, 0) is 49.2 Å². The number of hydrogen-bond donors (Lipinski definition) is 1. The van der Waals surface area contributed by atoms with E-state index in [1.807, 2.05) is 0 Å². The van der Waals surface area contributed by atoms with Crippen LogP contribution in [0.5, 0.6) is 0 Å². The van der Waals surface area contributed by atoms with Gasteiger partial charge < -0.3 is 9.55 Å². The zero-order valence-corrected chi connectivity index (χ0v) is 12.0. The molecule has 1 aromatic carbocycles. The minimum absolute atomic E-state index is 0.193. The highest BCUT2D eigenvalue weighted by Crippen LogP contribution is 2.33. The molecule has 1 aromatic heterocycles. The molecule has 1 heterocycles. The standard InChI is InChI=1S/C14H20N2S/c1-9-6-7-12-11(8-9)15-13(17)16(12)10(2)14(3,4)5/h6-8,10H,1-5H3,(H,15,17). The first-order valence-electron chi connectivity index (χ1n) is 6.01. The average Bonchev–Trinajstić information content (AvgIpc) is 2.50. The van der Waals surface area contributed by atoms with Crippen LogP contribution in [0, 0.1) is 17.1 Å². The van der Waals surface area contributed by atoms with E-state index in [1.165, 1.54) is 11.1 Å². The number of nitrogens with one attached hydrogen (secondary N) is 1. The second-order valence-corrected chi connectivity index (χ2v) is 6.25. The summed E-state index contributed by atoms with van der Waals surface area (Å²) in [6.45, 7) is 11.1. The molecule has 1 atom stereocenters. The third-order valence-electron chi connectivity index (χ3n) is 3.51. The molecule has 0 fully saturated rings. The lowest BCUT2D eigenvalue weighted by molar-refractivity contribution is 0.265. The molecule has 92 valence electrons. The number of H-pyrrole nitrogens is 1. The van der Waals surface area contributed by atoms with E-state index in [4.69, 9.17) is 12.2 Å². The van der Waals surface area contributed by atoms with Gasteiger partial charge in [-0.2, -0.15) is 0 Å². The zero-order valence-electron chi connectivity index (χ0n) is 11.2. The summed E-state index contributed by atoms with van der Waals surface area (Å²) in [6, 6.07) is 6.80. The van der Waals surface area contributed by atoms with Crippen molar-refractivity contribution in [3.63, 3.8) is 0 Å². The Labute approximate surface area is 108 Å². The quantitative estimate of drug-likeness (QED) is 0.731. The predicted octanol–water partition coefficient (Wildman–Crippen LogP) is 4.61. The molecule has 17 heavy (non-hydrogen) atoms. The smallest absolute Gasteiger partial charge is 0.178 e. The van der Waals surface area contributed by atoms with Gasteiger partial charge in [-0.1, -0.05) is 26.8 Å². The Hall–Kier alpha value is -1.09. The summed E-state index contributed by atoms with van der Waals surface area (Å²) in [5.74, 6) is 0. The molecule has 0 aliphatic carbocycles. The molecule has 0 aliphatic rings. The van der Waals surface area contributed by atoms with E-state index in [2.05, 4.69) is 62.4 Å². The van der Waals surface area contributed by atoms with Crippen LogP contribution in [-0.4, -0.2) is 9.55 Å². The number of aryl methyl sites for hydroxylation is 1. The van der Waals surface area contributed by atoms with Crippen LogP contribution >= 0.6 is 12.2 Å². The average molecular weight is 248 g/mol. The monoisotopic (exact) mass is 248 g/mol. The van der Waals surface area contributed by atoms with Crippen LogP contribution in [-0.2, 0) is 0 Å². The number of fused-ring (bicyclic) bond motifs is 1. The van der Waals surface area contributed by atoms with Crippen LogP contribution in [0.15, 0.2) is 18.2 Å². The van der Waals surface area contributed by atoms with Crippen molar-refractivity contribution in [2.45, 2.75) is 40.7 Å². The van der Waals surface area contributed by atoms with Gasteiger partial charge in [0, 0.05) is 6.04 Å². The number of aromatic amines is 1. The van der Waals surface area contributed by atoms with E-state index in [0.29, 0.717) is 6.04 Å². The number of rotatable bonds is 1. The third-order valence-corrected chi connectivity index (χ3v) is 3.81. The Kier molecular flexibility index (Phi) is 2.90. The van der Waals surface area contributed by atoms with Gasteiger partial charge >= 0.3 is 0 Å². The summed E-state index contributed by atoms with van der Waals surface area (Å²) in [5, 5.41) is 0. The molecule has 0 radical (unpaired) electrons. The van der Waals surface area contributed by atoms with E-state index < -0.39 is 0 Å². The van der Waals surface area contributed by atoms with Crippen LogP contribution in [0.1, 0.15) is 39.3 Å². The predicted molar refractivity (Wildman–Crippen MR) is 76.0 cm³/mol. The van der Waals surface area contributed by atoms with E-state index in [9.17, 15) is 0 Å². The highest BCUT2D eigenvalue weighted by atomic mass is 32.1. The molecule has 2 rings (SSSR count). The van der Waals surface area contributed by atoms with Crippen LogP contribution in [0.25, 0.3) is 11.0 Å². The fourth-order valence-electron chi connectivity index (χ4n) is 2.02. The van der Waals surface area contributed by atoms with Crippen LogP contribution in [0.2, 0.25) is 0 Å². The van der Waals surface area contributed by atoms with Gasteiger partial charge in [-0.25, -0.2) is 0 Å². The minimum atomic E-state index is 0.193. The molecule has 0 bridgehead atoms. The molecule has 0 spiro atoms. The van der Waals surface area contributed by atoms with Gasteiger partial charge in [0.25, 0.3) is 0 Å². The summed E-state index contributed by atoms with van der Waals surface area (Å²) in [7, 11) is 0. The molecule has 0 saturated heterocycles. The molecule has 1 N–H and O–H groups in total. The fourth-order valence-corrected chi connectivity index (χ4v) is 2.38. The van der Waals surface area contributed by atoms with E-state index in [-0.39, 0.29) is 5.41 Å². The number of benzene rings is 1. The van der Waals surface area contributed by atoms with Crippen molar-refractivity contribution in [2.24, 2.45) is 5.41 Å². The summed E-state index contributed by atoms with van der Waals surface area (Å²) in [6.07, 6.45) is 0. The lowest BCUT2D eigenvalue weighted by Gasteiger charge is -2.29. The summed E-state index contributed by atoms with van der Waals surface area (Å²) in [5.41, 5.74) is 3.77. The van der Waals surface area contributed by atoms with Crippen LogP contribution < -0.4 is 0 Å². The molecule has 1 unspecified atom stereocenters. The Morgan fingerprint density at radius 2 is 1.94 bits per heavy atom. The second-order valence-electron chi connectivity index (χ2n) is 5.86. The first-order chi connectivity index (χ1) is 7.80. The first-order valence-corrected chi connectivity index (χ1v) is 6.42. The number of hydrogen-bond acceptors (Lipinski definition) is 1. The third kappa shape index (κ3) is 2.16. The van der Waals surface area contributed by atoms with Gasteiger partial charge in [-0.15, -0.1) is 0 Å². The fraction of sp³-hybridized carbons (Fsp3) is 0.500. The van der Waals surface area contributed by atoms with Crippen molar-refractivity contribution in [3.8, 4) is 0 Å². The SMILES string of the molecule is Cc1ccc2c(c1)[nH]c(=S)n2C(C)C(C)(C)C. The normalized spacial score (nSPS) is 14.2. The Bertz CT molecular complexity index is 599. The van der Waals surface area contributed by atoms with Gasteiger partial charge in [0.1, 0.15) is 0 Å². The summed E-state index contributed by atoms with van der Waals surface area (Å²) in [4.78, 5) is 3.30. The molecular formula is C14H20N2S. The number of imidazole rings is 1. The topological polar surface area (TPSA) is 20.7 Å². The molecule has 0 amide bonds. The van der Waals surface area contributed by atoms with Crippen molar-refractivity contribution in [3.05, 3.63) is 28.5 Å². The van der Waals surface area contributed by atoms with Gasteiger partial charge in [0.05, 0.1) is 11.0 Å². The largest absolute Gasteiger partial charge is 0.331 e. The lowest BCUT2D eigenvalue weighted by Crippen LogP contribution is -2.21. The van der Waals surface area contributed by atoms with Crippen molar-refractivity contribution < 1.29 is 0 Å². The maximum atomic E-state index is 5.45. The van der Waals surface area contributed by atoms with Crippen molar-refractivity contribution in [1.29, 1.82) is 0 Å². The minimum Gasteiger partial charge on any atom is -0.331 e. The Morgan fingerprint density at radius 1 is 1.29 bits per heavy atom. The lowest BCUT2D eigenvalue weighted by atomic mass is 9.88. The first kappa shape index (κ1) is 12.4. The molecule has 2 aromatic rings. The highest BCUT2D eigenvalue weighted by molar-refractivity contribution is 7.71. The van der Waals surface area contributed by atoms with Gasteiger partial charge in [0.15, 0.2) is 4.77 Å². The Balaban J connectivity index is 2.70. The molecule has 0 aliphatic heterocycles. The zero-order chi connectivity index (χ0) is 12.8. The second kappa shape index (κ2) is 3.98. The molecule has 0 saturated carbocycles. The van der Waals surface area contributed by atoms with Crippen molar-refractivity contribution in [2.75, 3.05) is 0 Å². The summed E-state index contributed by atoms with van der Waals surface area (Å²) >= 11 is 5.45. The van der Waals surface area contributed by atoms with Crippen molar-refractivity contribution >= 4 is 23.3 Å². The Morgan fingerprint density at radius 3 is 2.53 bits per heavy atom. The number of aromatic nitrogens is 2. The van der Waals surface area contributed by atoms with E-state index >= 15 is 0 Å². The number of nitrogens with zero attached hydrogens (tertiary/aromatic N) is 1. The van der Waals surface area contributed by atoms with Crippen molar-refractivity contribution in [1.82, 2.24) is 9.55 Å². The highest BCUT2D eigenvalue weighted by Gasteiger charge is 2.23. The molecular weight excluding hydrogens is 228 g/mol. The molecule has 3 heteroatoms. The maximum Gasteiger partial charge on any atom is 0.178 e. The van der Waals surface area contributed by atoms with Gasteiger partial charge in [-0.3, -0.25) is 0 Å². The van der Waals surface area contributed by atoms with E-state index in [0.717, 1.165) is 10.3 Å². The van der Waals surface area contributed by atoms with Crippen LogP contribution in [0.4, 0.5) is 0 Å². The van der Waals surface area contributed by atoms with E-state index in [1.54, 1.807) is 0 Å². The molecule has 2 nitrogen and oxygen atoms in total. The van der Waals surface area contributed by atoms with Gasteiger partial charge in [0.2, 0.25) is 0 Å².